The van der Waals surface area contributed by atoms with Gasteiger partial charge in [0.2, 0.25) is 5.89 Å². The highest BCUT2D eigenvalue weighted by Gasteiger charge is 2.71. The molecule has 0 bridgehead atoms. The maximum absolute atomic E-state index is 13.5. The van der Waals surface area contributed by atoms with Crippen LogP contribution in [-0.2, 0) is 12.2 Å². The molecule has 33 heavy (non-hydrogen) atoms. The molecule has 0 radical (unpaired) electrons. The largest absolute Gasteiger partial charge is 0.487 e. The summed E-state index contributed by atoms with van der Waals surface area (Å²) in [4.78, 5) is 4.27. The number of hydrogen-bond acceptors (Lipinski definition) is 4. The number of halogens is 7. The van der Waals surface area contributed by atoms with E-state index in [0.717, 1.165) is 6.07 Å². The number of aliphatic hydroxyl groups is 1. The third-order valence-electron chi connectivity index (χ3n) is 5.08. The molecule has 0 spiro atoms. The molecule has 0 saturated heterocycles. The summed E-state index contributed by atoms with van der Waals surface area (Å²) < 4.78 is 103. The van der Waals surface area contributed by atoms with E-state index in [0.29, 0.717) is 34.7 Å². The van der Waals surface area contributed by atoms with E-state index in [1.165, 1.54) is 25.1 Å². The van der Waals surface area contributed by atoms with Crippen molar-refractivity contribution in [2.24, 2.45) is 0 Å². The van der Waals surface area contributed by atoms with Crippen LogP contribution in [0.25, 0.3) is 11.5 Å². The minimum absolute atomic E-state index is 0.00738. The van der Waals surface area contributed by atoms with Crippen LogP contribution in [0.5, 0.6) is 5.75 Å². The zero-order valence-electron chi connectivity index (χ0n) is 17.5. The van der Waals surface area contributed by atoms with E-state index in [9.17, 15) is 35.8 Å². The quantitative estimate of drug-likeness (QED) is 0.439. The predicted octanol–water partition coefficient (Wildman–Crippen LogP) is 6.30. The first kappa shape index (κ1) is 24.6. The van der Waals surface area contributed by atoms with Crippen LogP contribution in [0.15, 0.2) is 40.8 Å². The smallest absolute Gasteiger partial charge is 0.430 e. The van der Waals surface area contributed by atoms with E-state index < -0.39 is 29.3 Å². The molecule has 1 N–H and O–H groups in total. The summed E-state index contributed by atoms with van der Waals surface area (Å²) in [5.74, 6) is 0.158. The Bertz CT molecular complexity index is 1150. The van der Waals surface area contributed by atoms with Gasteiger partial charge in [-0.05, 0) is 62.2 Å². The van der Waals surface area contributed by atoms with E-state index in [1.54, 1.807) is 13.8 Å². The molecular formula is C22H18F7NO3. The average Bonchev–Trinajstić information content (AvgIpc) is 3.07. The molecule has 0 unspecified atom stereocenters. The monoisotopic (exact) mass is 477 g/mol. The van der Waals surface area contributed by atoms with Crippen molar-refractivity contribution in [1.82, 2.24) is 4.98 Å². The molecule has 0 atom stereocenters. The van der Waals surface area contributed by atoms with Crippen LogP contribution in [-0.4, -0.2) is 22.4 Å². The highest BCUT2D eigenvalue weighted by molar-refractivity contribution is 5.55. The van der Waals surface area contributed by atoms with Crippen molar-refractivity contribution in [3.8, 4) is 17.2 Å². The van der Waals surface area contributed by atoms with Crippen molar-refractivity contribution < 1.29 is 45.0 Å². The normalized spacial score (nSPS) is 12.8. The summed E-state index contributed by atoms with van der Waals surface area (Å²) in [5.41, 5.74) is -5.22. The van der Waals surface area contributed by atoms with Gasteiger partial charge >= 0.3 is 12.4 Å². The molecule has 0 aliphatic heterocycles. The molecule has 0 fully saturated rings. The first-order valence-corrected chi connectivity index (χ1v) is 9.47. The number of aromatic nitrogens is 1. The molecule has 178 valence electrons. The lowest BCUT2D eigenvalue weighted by molar-refractivity contribution is -0.376. The van der Waals surface area contributed by atoms with Gasteiger partial charge in [0.05, 0.1) is 0 Å². The Balaban J connectivity index is 1.83. The molecule has 0 saturated carbocycles. The molecule has 1 heterocycles. The minimum atomic E-state index is -5.98. The number of aryl methyl sites for hydroxylation is 3. The van der Waals surface area contributed by atoms with E-state index in [4.69, 9.17) is 9.15 Å². The fraction of sp³-hybridized carbons (Fsp3) is 0.318. The van der Waals surface area contributed by atoms with E-state index in [2.05, 4.69) is 4.98 Å². The van der Waals surface area contributed by atoms with E-state index in [1.807, 2.05) is 0 Å². The number of oxazole rings is 1. The summed E-state index contributed by atoms with van der Waals surface area (Å²) in [5, 5.41) is 9.53. The van der Waals surface area contributed by atoms with Gasteiger partial charge < -0.3 is 14.3 Å². The standard InChI is InChI=1S/C22H18F7NO3/c1-11-8-14(4-6-16(11)23)19-30-17(13(3)33-19)10-32-18-7-5-15(9-12(18)2)20(31,21(24,25)26)22(27,28)29/h4-9,31H,10H2,1-3H3. The second kappa shape index (κ2) is 8.36. The molecular weight excluding hydrogens is 459 g/mol. The second-order valence-corrected chi connectivity index (χ2v) is 7.46. The maximum Gasteiger partial charge on any atom is 0.430 e. The Hall–Kier alpha value is -3.08. The Morgan fingerprint density at radius 2 is 1.55 bits per heavy atom. The lowest BCUT2D eigenvalue weighted by Gasteiger charge is -2.33. The third kappa shape index (κ3) is 4.54. The third-order valence-corrected chi connectivity index (χ3v) is 5.08. The Kier molecular flexibility index (Phi) is 6.22. The van der Waals surface area contributed by atoms with Crippen LogP contribution in [0.2, 0.25) is 0 Å². The van der Waals surface area contributed by atoms with Crippen LogP contribution >= 0.6 is 0 Å². The number of nitrogens with zero attached hydrogens (tertiary/aromatic N) is 1. The molecule has 11 heteroatoms. The Morgan fingerprint density at radius 1 is 0.909 bits per heavy atom. The number of ether oxygens (including phenoxy) is 1. The molecule has 3 aromatic rings. The molecule has 0 amide bonds. The van der Waals surface area contributed by atoms with Gasteiger partial charge in [-0.25, -0.2) is 9.37 Å². The highest BCUT2D eigenvalue weighted by atomic mass is 19.4. The SMILES string of the molecule is Cc1cc(-c2nc(COc3ccc(C(O)(C(F)(F)F)C(F)(F)F)cc3C)c(C)o2)ccc1F. The van der Waals surface area contributed by atoms with Gasteiger partial charge in [-0.3, -0.25) is 0 Å². The topological polar surface area (TPSA) is 55.5 Å². The van der Waals surface area contributed by atoms with Crippen molar-refractivity contribution in [1.29, 1.82) is 0 Å². The summed E-state index contributed by atoms with van der Waals surface area (Å²) in [6.07, 6.45) is -12.0. The van der Waals surface area contributed by atoms with Crippen LogP contribution in [0.1, 0.15) is 28.1 Å². The van der Waals surface area contributed by atoms with Crippen molar-refractivity contribution in [3.05, 3.63) is 70.4 Å². The van der Waals surface area contributed by atoms with Crippen LogP contribution in [0.3, 0.4) is 0 Å². The van der Waals surface area contributed by atoms with Gasteiger partial charge in [-0.2, -0.15) is 26.3 Å². The zero-order chi connectivity index (χ0) is 24.8. The number of alkyl halides is 6. The van der Waals surface area contributed by atoms with Gasteiger partial charge in [-0.1, -0.05) is 6.07 Å². The van der Waals surface area contributed by atoms with Crippen LogP contribution < -0.4 is 4.74 Å². The van der Waals surface area contributed by atoms with Gasteiger partial charge in [0.1, 0.15) is 29.6 Å². The molecule has 0 aliphatic carbocycles. The second-order valence-electron chi connectivity index (χ2n) is 7.46. The van der Waals surface area contributed by atoms with Crippen LogP contribution in [0.4, 0.5) is 30.7 Å². The molecule has 0 aliphatic rings. The Morgan fingerprint density at radius 3 is 2.09 bits per heavy atom. The van der Waals surface area contributed by atoms with Crippen molar-refractivity contribution in [3.63, 3.8) is 0 Å². The summed E-state index contributed by atoms with van der Waals surface area (Å²) in [7, 11) is 0. The van der Waals surface area contributed by atoms with Crippen molar-refractivity contribution in [2.45, 2.75) is 45.3 Å². The van der Waals surface area contributed by atoms with Crippen molar-refractivity contribution in [2.75, 3.05) is 0 Å². The van der Waals surface area contributed by atoms with Gasteiger partial charge in [0.15, 0.2) is 0 Å². The first-order chi connectivity index (χ1) is 15.1. The highest BCUT2D eigenvalue weighted by Crippen LogP contribution is 2.50. The van der Waals surface area contributed by atoms with Crippen molar-refractivity contribution >= 4 is 0 Å². The lowest BCUT2D eigenvalue weighted by Crippen LogP contribution is -2.53. The fourth-order valence-electron chi connectivity index (χ4n) is 3.13. The zero-order valence-corrected chi connectivity index (χ0v) is 17.5. The van der Waals surface area contributed by atoms with Gasteiger partial charge in [0, 0.05) is 11.1 Å². The summed E-state index contributed by atoms with van der Waals surface area (Å²) >= 11 is 0. The van der Waals surface area contributed by atoms with Gasteiger partial charge in [0.25, 0.3) is 5.60 Å². The Labute approximate surface area is 183 Å². The van der Waals surface area contributed by atoms with E-state index in [-0.39, 0.29) is 23.8 Å². The molecule has 4 nitrogen and oxygen atoms in total. The van der Waals surface area contributed by atoms with Crippen LogP contribution in [0, 0.1) is 26.6 Å². The van der Waals surface area contributed by atoms with Gasteiger partial charge in [-0.15, -0.1) is 0 Å². The first-order valence-electron chi connectivity index (χ1n) is 9.47. The number of rotatable bonds is 5. The summed E-state index contributed by atoms with van der Waals surface area (Å²) in [6.45, 7) is 4.21. The fourth-order valence-corrected chi connectivity index (χ4v) is 3.13. The minimum Gasteiger partial charge on any atom is -0.487 e. The number of hydrogen-bond donors (Lipinski definition) is 1. The molecule has 3 rings (SSSR count). The maximum atomic E-state index is 13.5. The molecule has 2 aromatic carbocycles. The molecule has 1 aromatic heterocycles. The lowest BCUT2D eigenvalue weighted by atomic mass is 9.91. The number of benzene rings is 2. The predicted molar refractivity (Wildman–Crippen MR) is 103 cm³/mol. The van der Waals surface area contributed by atoms with E-state index >= 15 is 0 Å². The summed E-state index contributed by atoms with van der Waals surface area (Å²) in [6, 6.07) is 6.26. The average molecular weight is 477 g/mol.